The second-order valence-electron chi connectivity index (χ2n) is 14.8. The minimum atomic E-state index is -0.715. The Morgan fingerprint density at radius 1 is 0.370 bits per heavy atom. The third-order valence-electron chi connectivity index (χ3n) is 10.1. The molecule has 0 radical (unpaired) electrons. The third kappa shape index (κ3) is 28.9. The number of hydrogen-bond acceptors (Lipinski definition) is 1. The number of aryl methyl sites for hydroxylation is 2. The largest absolute Gasteiger partial charge is 0.481 e. The van der Waals surface area contributed by atoms with Crippen molar-refractivity contribution in [3.05, 3.63) is 34.9 Å². The van der Waals surface area contributed by atoms with Crippen LogP contribution in [0.2, 0.25) is 0 Å². The van der Waals surface area contributed by atoms with Gasteiger partial charge in [0.1, 0.15) is 0 Å². The first-order valence-corrected chi connectivity index (χ1v) is 21.0. The van der Waals surface area contributed by atoms with E-state index in [0.717, 1.165) is 18.4 Å². The zero-order valence-electron chi connectivity index (χ0n) is 31.3. The van der Waals surface area contributed by atoms with Crippen molar-refractivity contribution in [1.82, 2.24) is 0 Å². The van der Waals surface area contributed by atoms with Gasteiger partial charge in [-0.25, -0.2) is 0 Å². The van der Waals surface area contributed by atoms with Gasteiger partial charge in [-0.05, 0) is 42.4 Å². The molecule has 1 aromatic rings. The Hall–Kier alpha value is -1.31. The zero-order valence-corrected chi connectivity index (χ0v) is 31.3. The number of benzene rings is 1. The Labute approximate surface area is 288 Å². The van der Waals surface area contributed by atoms with E-state index in [1.54, 1.807) is 0 Å². The van der Waals surface area contributed by atoms with Crippen LogP contribution in [-0.4, -0.2) is 11.1 Å². The van der Waals surface area contributed by atoms with Crippen molar-refractivity contribution in [3.63, 3.8) is 0 Å². The second-order valence-corrected chi connectivity index (χ2v) is 14.8. The number of carboxylic acids is 1. The van der Waals surface area contributed by atoms with Gasteiger partial charge in [0.25, 0.3) is 0 Å². The predicted octanol–water partition coefficient (Wildman–Crippen LogP) is 14.9. The standard InChI is InChI=1S/C44H80O2/c1-3-5-7-9-11-13-15-17-19-21-23-25-27-29-31-33-35-41-37-42(39-43(38-41)40-44(45)46)36-34-32-30-28-26-24-22-20-18-16-14-12-10-8-6-4-2/h37-39H,3-36,40H2,1-2H3,(H,45,46). The second kappa shape index (κ2) is 33.6. The van der Waals surface area contributed by atoms with Gasteiger partial charge in [-0.3, -0.25) is 4.79 Å². The molecule has 1 rings (SSSR count). The number of carboxylic acid groups (broad SMARTS) is 1. The van der Waals surface area contributed by atoms with Gasteiger partial charge in [0.15, 0.2) is 0 Å². The summed E-state index contributed by atoms with van der Waals surface area (Å²) in [6, 6.07) is 6.70. The van der Waals surface area contributed by atoms with E-state index in [9.17, 15) is 9.90 Å². The molecule has 0 aliphatic rings. The summed E-state index contributed by atoms with van der Waals surface area (Å²) in [5.74, 6) is -0.715. The maximum Gasteiger partial charge on any atom is 0.307 e. The normalized spacial score (nSPS) is 11.4. The molecule has 0 atom stereocenters. The molecule has 0 unspecified atom stereocenters. The fourth-order valence-corrected chi connectivity index (χ4v) is 7.16. The van der Waals surface area contributed by atoms with Gasteiger partial charge >= 0.3 is 5.97 Å². The Bertz CT molecular complexity index is 730. The van der Waals surface area contributed by atoms with E-state index in [2.05, 4.69) is 32.0 Å². The van der Waals surface area contributed by atoms with Crippen LogP contribution in [0.3, 0.4) is 0 Å². The van der Waals surface area contributed by atoms with E-state index in [0.29, 0.717) is 0 Å². The summed E-state index contributed by atoms with van der Waals surface area (Å²) in [7, 11) is 0. The molecule has 46 heavy (non-hydrogen) atoms. The van der Waals surface area contributed by atoms with Crippen LogP contribution in [0.25, 0.3) is 0 Å². The Balaban J connectivity index is 2.07. The van der Waals surface area contributed by atoms with Crippen LogP contribution in [0.15, 0.2) is 18.2 Å². The number of aliphatic carboxylic acids is 1. The fraction of sp³-hybridized carbons (Fsp3) is 0.841. The molecule has 0 amide bonds. The molecule has 0 spiro atoms. The van der Waals surface area contributed by atoms with Gasteiger partial charge < -0.3 is 5.11 Å². The summed E-state index contributed by atoms with van der Waals surface area (Å²) in [6.07, 6.45) is 47.1. The molecule has 0 saturated carbocycles. The molecule has 2 nitrogen and oxygen atoms in total. The van der Waals surface area contributed by atoms with Crippen LogP contribution in [0.5, 0.6) is 0 Å². The maximum atomic E-state index is 11.4. The van der Waals surface area contributed by atoms with Gasteiger partial charge in [0.05, 0.1) is 6.42 Å². The highest BCUT2D eigenvalue weighted by atomic mass is 16.4. The smallest absolute Gasteiger partial charge is 0.307 e. The molecule has 0 aliphatic heterocycles. The van der Waals surface area contributed by atoms with E-state index in [1.807, 2.05) is 0 Å². The monoisotopic (exact) mass is 641 g/mol. The van der Waals surface area contributed by atoms with Crippen molar-refractivity contribution in [2.24, 2.45) is 0 Å². The van der Waals surface area contributed by atoms with E-state index in [4.69, 9.17) is 0 Å². The van der Waals surface area contributed by atoms with Gasteiger partial charge in [0, 0.05) is 0 Å². The lowest BCUT2D eigenvalue weighted by atomic mass is 9.96. The first-order valence-electron chi connectivity index (χ1n) is 21.0. The first-order chi connectivity index (χ1) is 22.7. The van der Waals surface area contributed by atoms with Crippen molar-refractivity contribution in [2.75, 3.05) is 0 Å². The number of rotatable bonds is 36. The Kier molecular flexibility index (Phi) is 31.2. The molecule has 0 aliphatic carbocycles. The van der Waals surface area contributed by atoms with Crippen molar-refractivity contribution >= 4 is 5.97 Å². The molecule has 1 aromatic carbocycles. The molecular weight excluding hydrogens is 560 g/mol. The number of unbranched alkanes of at least 4 members (excludes halogenated alkanes) is 30. The summed E-state index contributed by atoms with van der Waals surface area (Å²) < 4.78 is 0. The lowest BCUT2D eigenvalue weighted by molar-refractivity contribution is -0.136. The average molecular weight is 641 g/mol. The first kappa shape index (κ1) is 42.7. The summed E-state index contributed by atoms with van der Waals surface area (Å²) in [5.41, 5.74) is 3.71. The summed E-state index contributed by atoms with van der Waals surface area (Å²) in [5, 5.41) is 9.40. The zero-order chi connectivity index (χ0) is 33.2. The number of carbonyl (C=O) groups is 1. The van der Waals surface area contributed by atoms with E-state index < -0.39 is 5.97 Å². The van der Waals surface area contributed by atoms with Crippen LogP contribution in [0.1, 0.15) is 236 Å². The Morgan fingerprint density at radius 2 is 0.587 bits per heavy atom. The van der Waals surface area contributed by atoms with Crippen LogP contribution in [0.4, 0.5) is 0 Å². The van der Waals surface area contributed by atoms with E-state index in [1.165, 1.54) is 217 Å². The minimum absolute atomic E-state index is 0.152. The highest BCUT2D eigenvalue weighted by Crippen LogP contribution is 2.19. The average Bonchev–Trinajstić information content (AvgIpc) is 3.04. The summed E-state index contributed by atoms with van der Waals surface area (Å²) in [4.78, 5) is 11.4. The lowest BCUT2D eigenvalue weighted by Gasteiger charge is -2.10. The Morgan fingerprint density at radius 3 is 0.826 bits per heavy atom. The maximum absolute atomic E-state index is 11.4. The summed E-state index contributed by atoms with van der Waals surface area (Å²) >= 11 is 0. The van der Waals surface area contributed by atoms with E-state index in [-0.39, 0.29) is 6.42 Å². The molecule has 2 heteroatoms. The van der Waals surface area contributed by atoms with Crippen molar-refractivity contribution < 1.29 is 9.90 Å². The lowest BCUT2D eigenvalue weighted by Crippen LogP contribution is -2.02. The van der Waals surface area contributed by atoms with Gasteiger partial charge in [-0.1, -0.05) is 225 Å². The molecule has 0 aromatic heterocycles. The topological polar surface area (TPSA) is 37.3 Å². The fourth-order valence-electron chi connectivity index (χ4n) is 7.16. The highest BCUT2D eigenvalue weighted by Gasteiger charge is 2.06. The molecule has 0 heterocycles. The van der Waals surface area contributed by atoms with Gasteiger partial charge in [-0.15, -0.1) is 0 Å². The van der Waals surface area contributed by atoms with E-state index >= 15 is 0 Å². The van der Waals surface area contributed by atoms with Crippen LogP contribution in [-0.2, 0) is 24.1 Å². The van der Waals surface area contributed by atoms with Crippen molar-refractivity contribution in [2.45, 2.75) is 239 Å². The SMILES string of the molecule is CCCCCCCCCCCCCCCCCCc1cc(CCCCCCCCCCCCCCCCCC)cc(CC(=O)O)c1. The van der Waals surface area contributed by atoms with Crippen LogP contribution < -0.4 is 0 Å². The van der Waals surface area contributed by atoms with Crippen LogP contribution >= 0.6 is 0 Å². The minimum Gasteiger partial charge on any atom is -0.481 e. The van der Waals surface area contributed by atoms with Crippen molar-refractivity contribution in [3.8, 4) is 0 Å². The summed E-state index contributed by atoms with van der Waals surface area (Å²) in [6.45, 7) is 4.59. The molecule has 0 bridgehead atoms. The van der Waals surface area contributed by atoms with Gasteiger partial charge in [0.2, 0.25) is 0 Å². The third-order valence-corrected chi connectivity index (χ3v) is 10.1. The predicted molar refractivity (Wildman–Crippen MR) is 204 cm³/mol. The quantitative estimate of drug-likeness (QED) is 0.0741. The molecule has 1 N–H and O–H groups in total. The molecule has 268 valence electrons. The van der Waals surface area contributed by atoms with Crippen LogP contribution in [0, 0.1) is 0 Å². The molecule has 0 saturated heterocycles. The highest BCUT2D eigenvalue weighted by molar-refractivity contribution is 5.70. The number of hydrogen-bond donors (Lipinski definition) is 1. The van der Waals surface area contributed by atoms with Crippen molar-refractivity contribution in [1.29, 1.82) is 0 Å². The molecular formula is C44H80O2. The van der Waals surface area contributed by atoms with Gasteiger partial charge in [-0.2, -0.15) is 0 Å². The molecule has 0 fully saturated rings.